The van der Waals surface area contributed by atoms with Crippen molar-refractivity contribution < 1.29 is 4.79 Å². The number of anilines is 1. The number of hydrogen-bond acceptors (Lipinski definition) is 4. The van der Waals surface area contributed by atoms with E-state index in [2.05, 4.69) is 15.3 Å². The lowest BCUT2D eigenvalue weighted by atomic mass is 10.1. The first-order valence-corrected chi connectivity index (χ1v) is 5.93. The Balaban J connectivity index is 1.90. The molecule has 4 N–H and O–H groups in total. The van der Waals surface area contributed by atoms with Gasteiger partial charge in [-0.3, -0.25) is 4.79 Å². The van der Waals surface area contributed by atoms with Gasteiger partial charge in [0.05, 0.1) is 0 Å². The summed E-state index contributed by atoms with van der Waals surface area (Å²) in [7, 11) is 0. The molecule has 5 nitrogen and oxygen atoms in total. The molecule has 2 aromatic rings. The highest BCUT2D eigenvalue weighted by Crippen LogP contribution is 2.34. The van der Waals surface area contributed by atoms with Gasteiger partial charge in [-0.05, 0) is 12.1 Å². The smallest absolute Gasteiger partial charge is 0.245 e. The molecule has 0 saturated heterocycles. The average Bonchev–Trinajstić information content (AvgIpc) is 2.89. The fourth-order valence-corrected chi connectivity index (χ4v) is 2.52. The molecule has 0 spiro atoms. The van der Waals surface area contributed by atoms with Crippen molar-refractivity contribution in [1.82, 2.24) is 9.97 Å². The maximum atomic E-state index is 11.4. The van der Waals surface area contributed by atoms with E-state index in [0.29, 0.717) is 0 Å². The molecule has 1 aromatic heterocycles. The Bertz CT molecular complexity index is 567. The molecular weight excluding hydrogens is 236 g/mol. The molecule has 86 valence electrons. The topological polar surface area (TPSA) is 83.8 Å². The third-order valence-corrected chi connectivity index (χ3v) is 3.49. The molecule has 1 amide bonds. The van der Waals surface area contributed by atoms with Crippen LogP contribution in [0.1, 0.15) is 11.6 Å². The van der Waals surface area contributed by atoms with Gasteiger partial charge < -0.3 is 16.0 Å². The normalized spacial score (nSPS) is 17.9. The minimum absolute atomic E-state index is 0.153. The van der Waals surface area contributed by atoms with Crippen molar-refractivity contribution in [1.29, 1.82) is 0 Å². The summed E-state index contributed by atoms with van der Waals surface area (Å²) < 4.78 is 0. The second kappa shape index (κ2) is 3.90. The predicted octanol–water partition coefficient (Wildman–Crippen LogP) is 1.51. The fourth-order valence-electron chi connectivity index (χ4n) is 1.75. The second-order valence-electron chi connectivity index (χ2n) is 3.71. The van der Waals surface area contributed by atoms with Gasteiger partial charge in [0.1, 0.15) is 6.04 Å². The van der Waals surface area contributed by atoms with Gasteiger partial charge in [0, 0.05) is 28.5 Å². The number of nitrogens with one attached hydrogen (secondary N) is 2. The Morgan fingerprint density at radius 2 is 2.29 bits per heavy atom. The highest BCUT2D eigenvalue weighted by Gasteiger charge is 2.26. The van der Waals surface area contributed by atoms with E-state index < -0.39 is 6.04 Å². The highest BCUT2D eigenvalue weighted by molar-refractivity contribution is 7.99. The van der Waals surface area contributed by atoms with Crippen LogP contribution in [0.15, 0.2) is 40.6 Å². The fraction of sp³-hybridized carbons (Fsp3) is 0.0909. The van der Waals surface area contributed by atoms with Gasteiger partial charge >= 0.3 is 0 Å². The van der Waals surface area contributed by atoms with Crippen LogP contribution in [0.25, 0.3) is 0 Å². The number of rotatable bonds is 2. The number of nitrogens with zero attached hydrogens (tertiary/aromatic N) is 1. The predicted molar refractivity (Wildman–Crippen MR) is 64.7 cm³/mol. The van der Waals surface area contributed by atoms with Crippen LogP contribution in [0.5, 0.6) is 0 Å². The number of fused-ring (bicyclic) bond motifs is 1. The van der Waals surface area contributed by atoms with Gasteiger partial charge in [0.2, 0.25) is 5.91 Å². The molecule has 3 rings (SSSR count). The van der Waals surface area contributed by atoms with Crippen molar-refractivity contribution >= 4 is 23.4 Å². The number of aromatic nitrogens is 2. The molecule has 0 bridgehead atoms. The van der Waals surface area contributed by atoms with Crippen molar-refractivity contribution in [2.45, 2.75) is 16.1 Å². The van der Waals surface area contributed by atoms with E-state index in [1.54, 1.807) is 12.4 Å². The van der Waals surface area contributed by atoms with Crippen LogP contribution in [0, 0.1) is 0 Å². The number of carbonyl (C=O) groups is 1. The zero-order valence-electron chi connectivity index (χ0n) is 8.81. The third kappa shape index (κ3) is 1.81. The number of carbonyl (C=O) groups excluding carboxylic acids is 1. The molecule has 0 saturated carbocycles. The molecule has 1 unspecified atom stereocenters. The monoisotopic (exact) mass is 246 g/mol. The number of nitrogens with two attached hydrogens (primary N) is 1. The number of imidazole rings is 1. The molecule has 17 heavy (non-hydrogen) atoms. The molecule has 1 atom stereocenters. The number of amides is 1. The van der Waals surface area contributed by atoms with Crippen molar-refractivity contribution in [2.24, 2.45) is 5.73 Å². The van der Waals surface area contributed by atoms with Crippen LogP contribution in [-0.4, -0.2) is 15.9 Å². The zero-order valence-corrected chi connectivity index (χ0v) is 9.62. The summed E-state index contributed by atoms with van der Waals surface area (Å²) in [6.45, 7) is 0. The average molecular weight is 246 g/mol. The van der Waals surface area contributed by atoms with Crippen LogP contribution in [0.3, 0.4) is 0 Å². The first kappa shape index (κ1) is 10.4. The van der Waals surface area contributed by atoms with Gasteiger partial charge in [0.25, 0.3) is 0 Å². The third-order valence-electron chi connectivity index (χ3n) is 2.59. The standard InChI is InChI=1S/C11H10N4OS/c12-9-7-2-1-6(5-8(7)15-10(9)16)17-11-13-3-4-14-11/h1-5,9H,12H2,(H,13,14)(H,15,16). The maximum absolute atomic E-state index is 11.4. The van der Waals surface area contributed by atoms with Gasteiger partial charge in [-0.1, -0.05) is 17.8 Å². The first-order valence-electron chi connectivity index (χ1n) is 5.11. The summed E-state index contributed by atoms with van der Waals surface area (Å²) in [5, 5.41) is 3.58. The molecular formula is C11H10N4OS. The van der Waals surface area contributed by atoms with Gasteiger partial charge in [-0.2, -0.15) is 0 Å². The van der Waals surface area contributed by atoms with Crippen LogP contribution in [0.2, 0.25) is 0 Å². The molecule has 0 aliphatic carbocycles. The maximum Gasteiger partial charge on any atom is 0.245 e. The molecule has 2 heterocycles. The number of aromatic amines is 1. The van der Waals surface area contributed by atoms with E-state index in [-0.39, 0.29) is 5.91 Å². The van der Waals surface area contributed by atoms with Crippen molar-refractivity contribution in [3.63, 3.8) is 0 Å². The lowest BCUT2D eigenvalue weighted by molar-refractivity contribution is -0.116. The molecule has 1 aliphatic heterocycles. The summed E-state index contributed by atoms with van der Waals surface area (Å²) >= 11 is 1.50. The summed E-state index contributed by atoms with van der Waals surface area (Å²) in [6.07, 6.45) is 3.47. The Kier molecular flexibility index (Phi) is 2.38. The Morgan fingerprint density at radius 3 is 3.06 bits per heavy atom. The molecule has 0 radical (unpaired) electrons. The zero-order chi connectivity index (χ0) is 11.8. The van der Waals surface area contributed by atoms with Gasteiger partial charge in [-0.25, -0.2) is 4.98 Å². The molecule has 0 fully saturated rings. The first-order chi connectivity index (χ1) is 8.24. The van der Waals surface area contributed by atoms with Crippen LogP contribution in [0.4, 0.5) is 5.69 Å². The number of H-pyrrole nitrogens is 1. The van der Waals surface area contributed by atoms with E-state index in [4.69, 9.17) is 5.73 Å². The van der Waals surface area contributed by atoms with Crippen LogP contribution < -0.4 is 11.1 Å². The molecule has 6 heteroatoms. The minimum Gasteiger partial charge on any atom is -0.339 e. The number of hydrogen-bond donors (Lipinski definition) is 3. The Morgan fingerprint density at radius 1 is 1.41 bits per heavy atom. The van der Waals surface area contributed by atoms with Crippen molar-refractivity contribution in [2.75, 3.05) is 5.32 Å². The van der Waals surface area contributed by atoms with Crippen LogP contribution >= 0.6 is 11.8 Å². The van der Waals surface area contributed by atoms with Crippen molar-refractivity contribution in [3.8, 4) is 0 Å². The summed E-state index contributed by atoms with van der Waals surface area (Å²) in [4.78, 5) is 19.5. The molecule has 1 aromatic carbocycles. The summed E-state index contributed by atoms with van der Waals surface area (Å²) in [5.74, 6) is -0.153. The second-order valence-corrected chi connectivity index (χ2v) is 4.77. The SMILES string of the molecule is NC1C(=O)Nc2cc(Sc3ncc[nH]3)ccc21. The van der Waals surface area contributed by atoms with Gasteiger partial charge in [-0.15, -0.1) is 0 Å². The Hall–Kier alpha value is -1.79. The van der Waals surface area contributed by atoms with E-state index in [1.165, 1.54) is 11.8 Å². The van der Waals surface area contributed by atoms with Gasteiger partial charge in [0.15, 0.2) is 5.16 Å². The van der Waals surface area contributed by atoms with E-state index in [9.17, 15) is 4.79 Å². The van der Waals surface area contributed by atoms with E-state index in [1.807, 2.05) is 18.2 Å². The highest BCUT2D eigenvalue weighted by atomic mass is 32.2. The van der Waals surface area contributed by atoms with Crippen molar-refractivity contribution in [3.05, 3.63) is 36.2 Å². The summed E-state index contributed by atoms with van der Waals surface area (Å²) in [6, 6.07) is 5.18. The lowest BCUT2D eigenvalue weighted by Crippen LogP contribution is -2.19. The quantitative estimate of drug-likeness (QED) is 0.750. The van der Waals surface area contributed by atoms with Crippen LogP contribution in [-0.2, 0) is 4.79 Å². The largest absolute Gasteiger partial charge is 0.339 e. The molecule has 1 aliphatic rings. The van der Waals surface area contributed by atoms with E-state index in [0.717, 1.165) is 21.3 Å². The number of benzene rings is 1. The lowest BCUT2D eigenvalue weighted by Gasteiger charge is -2.03. The van der Waals surface area contributed by atoms with E-state index >= 15 is 0 Å². The minimum atomic E-state index is -0.548. The summed E-state index contributed by atoms with van der Waals surface area (Å²) in [5.41, 5.74) is 7.38. The Labute approximate surface area is 102 Å².